The average Bonchev–Trinajstić information content (AvgIpc) is 3.63. The summed E-state index contributed by atoms with van der Waals surface area (Å²) < 4.78 is 8.52. The Morgan fingerprint density at radius 3 is 1.68 bits per heavy atom. The van der Waals surface area contributed by atoms with E-state index < -0.39 is 0 Å². The molecule has 0 aliphatic rings. The molecule has 206 valence electrons. The van der Waals surface area contributed by atoms with E-state index in [0.717, 1.165) is 55.3 Å². The van der Waals surface area contributed by atoms with E-state index in [9.17, 15) is 0 Å². The zero-order valence-corrected chi connectivity index (χ0v) is 23.8. The van der Waals surface area contributed by atoms with Gasteiger partial charge in [-0.2, -0.15) is 0 Å². The molecule has 3 aromatic heterocycles. The Balaban J connectivity index is 1.21. The van der Waals surface area contributed by atoms with Gasteiger partial charge in [0, 0.05) is 33.3 Å². The first-order chi connectivity index (χ1) is 21.8. The number of nitrogens with zero attached hydrogens (tertiary/aromatic N) is 2. The van der Waals surface area contributed by atoms with Crippen LogP contribution in [0.25, 0.3) is 82.9 Å². The van der Waals surface area contributed by atoms with Crippen molar-refractivity contribution in [2.45, 2.75) is 0 Å². The Hall–Kier alpha value is -5.93. The first-order valence-electron chi connectivity index (χ1n) is 14.9. The number of furan rings is 1. The summed E-state index contributed by atoms with van der Waals surface area (Å²) in [6, 6.07) is 53.4. The standard InChI is InChI=1S/C41H26N2O/c1-3-11-27(12-4-1)30-21-31(28-13-5-2-6-14-28)23-32(22-30)29-19-20-41(42-26-29)43-37-17-9-7-15-33(37)35-25-40-36(24-38(35)43)34-16-8-10-18-39(34)44-40/h1-26H. The van der Waals surface area contributed by atoms with E-state index >= 15 is 0 Å². The molecule has 0 radical (unpaired) electrons. The molecule has 0 spiro atoms. The van der Waals surface area contributed by atoms with Gasteiger partial charge < -0.3 is 4.42 Å². The lowest BCUT2D eigenvalue weighted by atomic mass is 9.94. The van der Waals surface area contributed by atoms with Gasteiger partial charge in [-0.25, -0.2) is 4.98 Å². The normalized spacial score (nSPS) is 11.6. The molecule has 9 aromatic rings. The van der Waals surface area contributed by atoms with Crippen molar-refractivity contribution in [3.8, 4) is 39.2 Å². The topological polar surface area (TPSA) is 31.0 Å². The molecule has 0 bridgehead atoms. The first-order valence-corrected chi connectivity index (χ1v) is 14.9. The Morgan fingerprint density at radius 2 is 1.00 bits per heavy atom. The fourth-order valence-electron chi connectivity index (χ4n) is 6.51. The molecule has 0 aliphatic carbocycles. The molecule has 3 heteroatoms. The number of para-hydroxylation sites is 2. The van der Waals surface area contributed by atoms with Gasteiger partial charge in [-0.15, -0.1) is 0 Å². The highest BCUT2D eigenvalue weighted by molar-refractivity contribution is 6.17. The van der Waals surface area contributed by atoms with E-state index in [1.807, 2.05) is 18.3 Å². The summed E-state index contributed by atoms with van der Waals surface area (Å²) >= 11 is 0. The summed E-state index contributed by atoms with van der Waals surface area (Å²) in [5.41, 5.74) is 11.0. The monoisotopic (exact) mass is 562 g/mol. The summed E-state index contributed by atoms with van der Waals surface area (Å²) in [5.74, 6) is 0.884. The van der Waals surface area contributed by atoms with Crippen LogP contribution >= 0.6 is 0 Å². The van der Waals surface area contributed by atoms with Gasteiger partial charge in [0.15, 0.2) is 0 Å². The van der Waals surface area contributed by atoms with Crippen LogP contribution in [0.15, 0.2) is 162 Å². The van der Waals surface area contributed by atoms with Crippen LogP contribution in [0.2, 0.25) is 0 Å². The molecule has 0 N–H and O–H groups in total. The van der Waals surface area contributed by atoms with Crippen molar-refractivity contribution in [2.24, 2.45) is 0 Å². The Labute approximate surface area is 254 Å². The molecule has 44 heavy (non-hydrogen) atoms. The SMILES string of the molecule is c1ccc(-c2cc(-c3ccccc3)cc(-c3ccc(-n4c5ccccc5c5cc6oc7ccccc7c6cc54)nc3)c2)cc1. The van der Waals surface area contributed by atoms with Gasteiger partial charge in [-0.05, 0) is 82.4 Å². The van der Waals surface area contributed by atoms with Gasteiger partial charge in [0.2, 0.25) is 0 Å². The maximum atomic E-state index is 6.25. The first kappa shape index (κ1) is 24.6. The number of pyridine rings is 1. The molecule has 0 amide bonds. The third-order valence-electron chi connectivity index (χ3n) is 8.63. The van der Waals surface area contributed by atoms with E-state index in [2.05, 4.69) is 144 Å². The van der Waals surface area contributed by atoms with Crippen molar-refractivity contribution < 1.29 is 4.42 Å². The lowest BCUT2D eigenvalue weighted by Crippen LogP contribution is -1.97. The van der Waals surface area contributed by atoms with Crippen molar-refractivity contribution in [1.29, 1.82) is 0 Å². The highest BCUT2D eigenvalue weighted by Gasteiger charge is 2.17. The molecule has 0 unspecified atom stereocenters. The van der Waals surface area contributed by atoms with Gasteiger partial charge >= 0.3 is 0 Å². The Morgan fingerprint density at radius 1 is 0.386 bits per heavy atom. The van der Waals surface area contributed by atoms with Crippen molar-refractivity contribution in [3.63, 3.8) is 0 Å². The highest BCUT2D eigenvalue weighted by Crippen LogP contribution is 2.38. The highest BCUT2D eigenvalue weighted by atomic mass is 16.3. The zero-order chi connectivity index (χ0) is 29.0. The molecule has 3 nitrogen and oxygen atoms in total. The van der Waals surface area contributed by atoms with Crippen molar-refractivity contribution in [2.75, 3.05) is 0 Å². The van der Waals surface area contributed by atoms with Gasteiger partial charge in [0.1, 0.15) is 17.0 Å². The number of benzene rings is 6. The van der Waals surface area contributed by atoms with Crippen LogP contribution in [-0.4, -0.2) is 9.55 Å². The molecule has 0 fully saturated rings. The van der Waals surface area contributed by atoms with Crippen LogP contribution in [0, 0.1) is 0 Å². The van der Waals surface area contributed by atoms with Crippen molar-refractivity contribution >= 4 is 43.7 Å². The fraction of sp³-hybridized carbons (Fsp3) is 0. The molecule has 3 heterocycles. The second-order valence-electron chi connectivity index (χ2n) is 11.3. The van der Waals surface area contributed by atoms with Crippen LogP contribution in [0.5, 0.6) is 0 Å². The molecule has 0 saturated heterocycles. The van der Waals surface area contributed by atoms with Crippen LogP contribution in [-0.2, 0) is 0 Å². The summed E-state index contributed by atoms with van der Waals surface area (Å²) in [5, 5.41) is 4.57. The largest absolute Gasteiger partial charge is 0.456 e. The lowest BCUT2D eigenvalue weighted by Gasteiger charge is -2.12. The van der Waals surface area contributed by atoms with Gasteiger partial charge in [-0.3, -0.25) is 4.57 Å². The minimum atomic E-state index is 0.884. The maximum Gasteiger partial charge on any atom is 0.137 e. The quantitative estimate of drug-likeness (QED) is 0.214. The molecule has 6 aromatic carbocycles. The van der Waals surface area contributed by atoms with Crippen LogP contribution < -0.4 is 0 Å². The predicted molar refractivity (Wildman–Crippen MR) is 182 cm³/mol. The van der Waals surface area contributed by atoms with E-state index in [1.165, 1.54) is 27.6 Å². The number of fused-ring (bicyclic) bond motifs is 6. The average molecular weight is 563 g/mol. The van der Waals surface area contributed by atoms with E-state index in [1.54, 1.807) is 0 Å². The number of hydrogen-bond donors (Lipinski definition) is 0. The third kappa shape index (κ3) is 3.94. The second kappa shape index (κ2) is 9.82. The molecular weight excluding hydrogens is 536 g/mol. The van der Waals surface area contributed by atoms with E-state index in [4.69, 9.17) is 9.40 Å². The van der Waals surface area contributed by atoms with Gasteiger partial charge in [0.25, 0.3) is 0 Å². The Bertz CT molecular complexity index is 2410. The van der Waals surface area contributed by atoms with Crippen molar-refractivity contribution in [3.05, 3.63) is 158 Å². The molecule has 0 saturated carbocycles. The van der Waals surface area contributed by atoms with Gasteiger partial charge in [-0.1, -0.05) is 97.1 Å². The molecule has 0 aliphatic heterocycles. The van der Waals surface area contributed by atoms with Crippen LogP contribution in [0.3, 0.4) is 0 Å². The minimum absolute atomic E-state index is 0.884. The minimum Gasteiger partial charge on any atom is -0.456 e. The van der Waals surface area contributed by atoms with E-state index in [-0.39, 0.29) is 0 Å². The predicted octanol–water partition coefficient (Wildman–Crippen LogP) is 11.1. The Kier molecular flexibility index (Phi) is 5.50. The van der Waals surface area contributed by atoms with Crippen LogP contribution in [0.1, 0.15) is 0 Å². The number of aromatic nitrogens is 2. The third-order valence-corrected chi connectivity index (χ3v) is 8.63. The molecule has 9 rings (SSSR count). The number of rotatable bonds is 4. The maximum absolute atomic E-state index is 6.25. The summed E-state index contributed by atoms with van der Waals surface area (Å²) in [6.45, 7) is 0. The molecular formula is C41H26N2O. The van der Waals surface area contributed by atoms with E-state index in [0.29, 0.717) is 0 Å². The summed E-state index contributed by atoms with van der Waals surface area (Å²) in [7, 11) is 0. The van der Waals surface area contributed by atoms with Gasteiger partial charge in [0.05, 0.1) is 11.0 Å². The smallest absolute Gasteiger partial charge is 0.137 e. The summed E-state index contributed by atoms with van der Waals surface area (Å²) in [4.78, 5) is 5.07. The van der Waals surface area contributed by atoms with Crippen LogP contribution in [0.4, 0.5) is 0 Å². The summed E-state index contributed by atoms with van der Waals surface area (Å²) in [6.07, 6.45) is 2.00. The second-order valence-corrected chi connectivity index (χ2v) is 11.3. The fourth-order valence-corrected chi connectivity index (χ4v) is 6.51. The lowest BCUT2D eigenvalue weighted by molar-refractivity contribution is 0.669. The zero-order valence-electron chi connectivity index (χ0n) is 23.8. The van der Waals surface area contributed by atoms with Crippen molar-refractivity contribution in [1.82, 2.24) is 9.55 Å². The number of hydrogen-bond acceptors (Lipinski definition) is 2. The molecule has 0 atom stereocenters.